The van der Waals surface area contributed by atoms with Crippen LogP contribution in [-0.2, 0) is 23.0 Å². The van der Waals surface area contributed by atoms with Gasteiger partial charge in [0.1, 0.15) is 4.90 Å². The molecule has 6 heteroatoms. The van der Waals surface area contributed by atoms with E-state index in [2.05, 4.69) is 9.82 Å². The van der Waals surface area contributed by atoms with Crippen molar-refractivity contribution in [2.75, 3.05) is 6.54 Å². The summed E-state index contributed by atoms with van der Waals surface area (Å²) in [6.45, 7) is 2.62. The maximum atomic E-state index is 12.5. The van der Waals surface area contributed by atoms with Crippen molar-refractivity contribution in [3.05, 3.63) is 83.7 Å². The van der Waals surface area contributed by atoms with Crippen LogP contribution < -0.4 is 4.72 Å². The van der Waals surface area contributed by atoms with E-state index in [1.165, 1.54) is 0 Å². The Labute approximate surface area is 148 Å². The Morgan fingerprint density at radius 3 is 2.20 bits per heavy atom. The molecule has 25 heavy (non-hydrogen) atoms. The van der Waals surface area contributed by atoms with E-state index in [0.717, 1.165) is 11.1 Å². The molecule has 3 rings (SSSR count). The lowest BCUT2D eigenvalue weighted by Crippen LogP contribution is -2.26. The summed E-state index contributed by atoms with van der Waals surface area (Å²) in [5, 5.41) is 4.34. The second-order valence-electron chi connectivity index (χ2n) is 5.90. The maximum Gasteiger partial charge on any atom is 0.243 e. The van der Waals surface area contributed by atoms with Crippen molar-refractivity contribution in [1.29, 1.82) is 0 Å². The Morgan fingerprint density at radius 2 is 1.56 bits per heavy atom. The molecule has 0 saturated heterocycles. The Morgan fingerprint density at radius 1 is 0.960 bits per heavy atom. The van der Waals surface area contributed by atoms with Crippen LogP contribution in [0.3, 0.4) is 0 Å². The lowest BCUT2D eigenvalue weighted by atomic mass is 10.2. The lowest BCUT2D eigenvalue weighted by Gasteiger charge is -2.05. The highest BCUT2D eigenvalue weighted by molar-refractivity contribution is 7.89. The molecule has 1 heterocycles. The van der Waals surface area contributed by atoms with Gasteiger partial charge in [0.25, 0.3) is 0 Å². The van der Waals surface area contributed by atoms with Crippen LogP contribution in [0.4, 0.5) is 0 Å². The molecule has 0 saturated carbocycles. The van der Waals surface area contributed by atoms with Crippen LogP contribution in [0.25, 0.3) is 0 Å². The van der Waals surface area contributed by atoms with Crippen molar-refractivity contribution >= 4 is 10.0 Å². The number of aryl methyl sites for hydroxylation is 1. The molecule has 0 spiro atoms. The molecule has 130 valence electrons. The van der Waals surface area contributed by atoms with Gasteiger partial charge in [-0.05, 0) is 24.5 Å². The van der Waals surface area contributed by atoms with Gasteiger partial charge in [-0.25, -0.2) is 13.1 Å². The first kappa shape index (κ1) is 17.4. The van der Waals surface area contributed by atoms with E-state index in [9.17, 15) is 8.42 Å². The quantitative estimate of drug-likeness (QED) is 0.709. The Balaban J connectivity index is 1.67. The van der Waals surface area contributed by atoms with E-state index >= 15 is 0 Å². The fourth-order valence-electron chi connectivity index (χ4n) is 2.67. The van der Waals surface area contributed by atoms with Gasteiger partial charge in [0.2, 0.25) is 10.0 Å². The zero-order valence-electron chi connectivity index (χ0n) is 14.1. The summed E-state index contributed by atoms with van der Waals surface area (Å²) < 4.78 is 29.4. The standard InChI is InChI=1S/C19H21N3O2S/c1-16-19(15-22(21-16)14-18-10-6-3-7-11-18)25(23,24)20-13-12-17-8-4-2-5-9-17/h2-11,15,20H,12-14H2,1H3. The molecule has 0 atom stereocenters. The van der Waals surface area contributed by atoms with Crippen LogP contribution in [0.1, 0.15) is 16.8 Å². The molecule has 3 aromatic rings. The van der Waals surface area contributed by atoms with Crippen molar-refractivity contribution in [3.63, 3.8) is 0 Å². The fourth-order valence-corrected chi connectivity index (χ4v) is 3.88. The van der Waals surface area contributed by atoms with Crippen molar-refractivity contribution < 1.29 is 8.42 Å². The van der Waals surface area contributed by atoms with Crippen LogP contribution in [0, 0.1) is 6.92 Å². The lowest BCUT2D eigenvalue weighted by molar-refractivity contribution is 0.581. The molecule has 0 aliphatic rings. The molecule has 0 aliphatic carbocycles. The van der Waals surface area contributed by atoms with Crippen LogP contribution in [-0.4, -0.2) is 24.7 Å². The fraction of sp³-hybridized carbons (Fsp3) is 0.211. The summed E-state index contributed by atoms with van der Waals surface area (Å²) in [6, 6.07) is 19.6. The summed E-state index contributed by atoms with van der Waals surface area (Å²) in [5.74, 6) is 0. The molecule has 0 amide bonds. The van der Waals surface area contributed by atoms with Gasteiger partial charge in [-0.3, -0.25) is 4.68 Å². The summed E-state index contributed by atoms with van der Waals surface area (Å²) >= 11 is 0. The highest BCUT2D eigenvalue weighted by Gasteiger charge is 2.19. The van der Waals surface area contributed by atoms with E-state index in [0.29, 0.717) is 25.2 Å². The number of benzene rings is 2. The minimum absolute atomic E-state index is 0.233. The average molecular weight is 355 g/mol. The summed E-state index contributed by atoms with van der Waals surface area (Å²) in [4.78, 5) is 0.233. The van der Waals surface area contributed by atoms with E-state index in [1.54, 1.807) is 17.8 Å². The number of nitrogens with zero attached hydrogens (tertiary/aromatic N) is 2. The monoisotopic (exact) mass is 355 g/mol. The van der Waals surface area contributed by atoms with Gasteiger partial charge in [-0.1, -0.05) is 60.7 Å². The highest BCUT2D eigenvalue weighted by Crippen LogP contribution is 2.14. The van der Waals surface area contributed by atoms with E-state index in [4.69, 9.17) is 0 Å². The number of aromatic nitrogens is 2. The smallest absolute Gasteiger partial charge is 0.243 e. The van der Waals surface area contributed by atoms with Crippen LogP contribution in [0.2, 0.25) is 0 Å². The molecule has 2 aromatic carbocycles. The second kappa shape index (κ2) is 7.63. The summed E-state index contributed by atoms with van der Waals surface area (Å²) in [6.07, 6.45) is 2.24. The number of hydrogen-bond acceptors (Lipinski definition) is 3. The normalized spacial score (nSPS) is 11.6. The van der Waals surface area contributed by atoms with Crippen molar-refractivity contribution in [2.24, 2.45) is 0 Å². The third kappa shape index (κ3) is 4.55. The van der Waals surface area contributed by atoms with Gasteiger partial charge in [0.15, 0.2) is 0 Å². The molecule has 5 nitrogen and oxygen atoms in total. The second-order valence-corrected chi connectivity index (χ2v) is 7.63. The van der Waals surface area contributed by atoms with Gasteiger partial charge in [0.05, 0.1) is 12.2 Å². The zero-order valence-corrected chi connectivity index (χ0v) is 14.9. The number of sulfonamides is 1. The van der Waals surface area contributed by atoms with Gasteiger partial charge in [-0.2, -0.15) is 5.10 Å². The molecule has 0 unspecified atom stereocenters. The number of nitrogens with one attached hydrogen (secondary N) is 1. The van der Waals surface area contributed by atoms with Crippen LogP contribution in [0.15, 0.2) is 71.8 Å². The minimum Gasteiger partial charge on any atom is -0.267 e. The van der Waals surface area contributed by atoms with Crippen molar-refractivity contribution in [2.45, 2.75) is 24.8 Å². The molecular weight excluding hydrogens is 334 g/mol. The Kier molecular flexibility index (Phi) is 5.31. The minimum atomic E-state index is -3.57. The van der Waals surface area contributed by atoms with E-state index in [-0.39, 0.29) is 4.90 Å². The van der Waals surface area contributed by atoms with Gasteiger partial charge >= 0.3 is 0 Å². The van der Waals surface area contributed by atoms with Gasteiger partial charge in [-0.15, -0.1) is 0 Å². The van der Waals surface area contributed by atoms with Crippen molar-refractivity contribution in [1.82, 2.24) is 14.5 Å². The maximum absolute atomic E-state index is 12.5. The van der Waals surface area contributed by atoms with Crippen LogP contribution >= 0.6 is 0 Å². The molecule has 0 aliphatic heterocycles. The Bertz CT molecular complexity index is 920. The molecule has 1 N–H and O–H groups in total. The zero-order chi connectivity index (χ0) is 17.7. The molecule has 0 radical (unpaired) electrons. The predicted molar refractivity (Wildman–Crippen MR) is 97.8 cm³/mol. The SMILES string of the molecule is Cc1nn(Cc2ccccc2)cc1S(=O)(=O)NCCc1ccccc1. The molecule has 1 aromatic heterocycles. The molecular formula is C19H21N3O2S. The van der Waals surface area contributed by atoms with Gasteiger partial charge < -0.3 is 0 Å². The number of hydrogen-bond donors (Lipinski definition) is 1. The first-order valence-corrected chi connectivity index (χ1v) is 9.64. The highest BCUT2D eigenvalue weighted by atomic mass is 32.2. The Hall–Kier alpha value is -2.44. The topological polar surface area (TPSA) is 64.0 Å². The third-order valence-corrected chi connectivity index (χ3v) is 5.49. The largest absolute Gasteiger partial charge is 0.267 e. The van der Waals surface area contributed by atoms with Crippen LogP contribution in [0.5, 0.6) is 0 Å². The van der Waals surface area contributed by atoms with E-state index < -0.39 is 10.0 Å². The summed E-state index contributed by atoms with van der Waals surface area (Å²) in [7, 11) is -3.57. The first-order chi connectivity index (χ1) is 12.0. The average Bonchev–Trinajstić information content (AvgIpc) is 2.98. The van der Waals surface area contributed by atoms with Gasteiger partial charge in [0, 0.05) is 12.7 Å². The van der Waals surface area contributed by atoms with E-state index in [1.807, 2.05) is 60.7 Å². The predicted octanol–water partition coefficient (Wildman–Crippen LogP) is 2.76. The third-order valence-electron chi connectivity index (χ3n) is 3.93. The number of rotatable bonds is 7. The summed E-state index contributed by atoms with van der Waals surface area (Å²) in [5.41, 5.74) is 2.68. The van der Waals surface area contributed by atoms with Crippen molar-refractivity contribution in [3.8, 4) is 0 Å². The molecule has 0 bridgehead atoms. The molecule has 0 fully saturated rings. The first-order valence-electron chi connectivity index (χ1n) is 8.16.